The van der Waals surface area contributed by atoms with Crippen molar-refractivity contribution in [2.45, 2.75) is 31.7 Å². The van der Waals surface area contributed by atoms with Crippen LogP contribution in [0.4, 0.5) is 9.59 Å². The number of nitrogens with one attached hydrogen (secondary N) is 2. The molecular weight excluding hydrogens is 256 g/mol. The quantitative estimate of drug-likeness (QED) is 0.465. The van der Waals surface area contributed by atoms with Gasteiger partial charge in [0.25, 0.3) is 0 Å². The van der Waals surface area contributed by atoms with Gasteiger partial charge in [-0.3, -0.25) is 0 Å². The smallest absolute Gasteiger partial charge is 0.407 e. The Morgan fingerprint density at radius 1 is 1.11 bits per heavy atom. The van der Waals surface area contributed by atoms with Crippen LogP contribution in [0, 0.1) is 0 Å². The van der Waals surface area contributed by atoms with Gasteiger partial charge in [-0.05, 0) is 31.4 Å². The van der Waals surface area contributed by atoms with Crippen LogP contribution in [0.3, 0.4) is 0 Å². The molecule has 0 aliphatic heterocycles. The van der Waals surface area contributed by atoms with E-state index < -0.39 is 12.2 Å². The topological polar surface area (TPSA) is 76.7 Å². The minimum atomic E-state index is -0.422. The third kappa shape index (κ3) is 8.98. The van der Waals surface area contributed by atoms with Crippen LogP contribution in [0.25, 0.3) is 0 Å². The van der Waals surface area contributed by atoms with E-state index in [9.17, 15) is 9.59 Å². The lowest BCUT2D eigenvalue weighted by Gasteiger charge is -2.16. The van der Waals surface area contributed by atoms with Gasteiger partial charge >= 0.3 is 12.2 Å². The molecule has 0 saturated carbocycles. The number of carbonyl (C=O) groups is 2. The average molecular weight is 278 g/mol. The predicted octanol–water partition coefficient (Wildman–Crippen LogP) is 1.56. The predicted molar refractivity (Wildman–Crippen MR) is 72.1 cm³/mol. The van der Waals surface area contributed by atoms with Gasteiger partial charge in [-0.1, -0.05) is 0 Å². The van der Waals surface area contributed by atoms with Crippen molar-refractivity contribution in [1.29, 1.82) is 0 Å². The molecule has 0 aliphatic carbocycles. The van der Waals surface area contributed by atoms with E-state index in [0.29, 0.717) is 12.3 Å². The monoisotopic (exact) mass is 278 g/mol. The molecule has 2 amide bonds. The van der Waals surface area contributed by atoms with Crippen molar-refractivity contribution in [3.63, 3.8) is 0 Å². The lowest BCUT2D eigenvalue weighted by molar-refractivity contribution is 0.165. The molecule has 0 fully saturated rings. The van der Waals surface area contributed by atoms with E-state index in [2.05, 4.69) is 32.7 Å². The Kier molecular flexibility index (Phi) is 10.3. The number of methoxy groups -OCH3 is 2. The summed E-state index contributed by atoms with van der Waals surface area (Å²) >= 11 is 4.15. The van der Waals surface area contributed by atoms with Gasteiger partial charge in [0.2, 0.25) is 0 Å². The Balaban J connectivity index is 3.69. The SMILES string of the molecule is COC(=O)NCCCCC(CCS)NC(=O)OC. The zero-order valence-corrected chi connectivity index (χ0v) is 11.8. The Labute approximate surface area is 113 Å². The van der Waals surface area contributed by atoms with Gasteiger partial charge in [-0.25, -0.2) is 9.59 Å². The van der Waals surface area contributed by atoms with Gasteiger partial charge in [0.05, 0.1) is 14.2 Å². The minimum absolute atomic E-state index is 0.0630. The van der Waals surface area contributed by atoms with Crippen molar-refractivity contribution < 1.29 is 19.1 Å². The molecular formula is C11H22N2O4S. The molecule has 0 aromatic rings. The van der Waals surface area contributed by atoms with Crippen molar-refractivity contribution >= 4 is 24.8 Å². The maximum atomic E-state index is 11.1. The summed E-state index contributed by atoms with van der Waals surface area (Å²) in [5, 5.41) is 5.36. The first-order valence-corrected chi connectivity index (χ1v) is 6.54. The van der Waals surface area contributed by atoms with Crippen LogP contribution in [0.5, 0.6) is 0 Å². The molecule has 0 rings (SSSR count). The molecule has 0 aromatic carbocycles. The van der Waals surface area contributed by atoms with E-state index in [1.54, 1.807) is 0 Å². The molecule has 0 bridgehead atoms. The number of thiol groups is 1. The standard InChI is InChI=1S/C11H22N2O4S/c1-16-10(14)12-7-4-3-5-9(6-8-18)13-11(15)17-2/h9,18H,3-8H2,1-2H3,(H,12,14)(H,13,15). The first kappa shape index (κ1) is 16.9. The fourth-order valence-electron chi connectivity index (χ4n) is 1.45. The number of hydrogen-bond donors (Lipinski definition) is 3. The van der Waals surface area contributed by atoms with E-state index >= 15 is 0 Å². The Hall–Kier alpha value is -1.11. The summed E-state index contributed by atoms with van der Waals surface area (Å²) in [7, 11) is 2.67. The van der Waals surface area contributed by atoms with Crippen molar-refractivity contribution in [1.82, 2.24) is 10.6 Å². The van der Waals surface area contributed by atoms with E-state index in [0.717, 1.165) is 25.7 Å². The molecule has 0 heterocycles. The van der Waals surface area contributed by atoms with E-state index in [-0.39, 0.29) is 6.04 Å². The highest BCUT2D eigenvalue weighted by atomic mass is 32.1. The van der Waals surface area contributed by atoms with Crippen LogP contribution in [-0.4, -0.2) is 44.7 Å². The number of amides is 2. The number of unbranched alkanes of at least 4 members (excludes halogenated alkanes) is 1. The number of alkyl carbamates (subject to hydrolysis) is 2. The van der Waals surface area contributed by atoms with Gasteiger partial charge in [0.1, 0.15) is 0 Å². The first-order valence-electron chi connectivity index (χ1n) is 5.91. The summed E-state index contributed by atoms with van der Waals surface area (Å²) < 4.78 is 9.00. The molecule has 7 heteroatoms. The van der Waals surface area contributed by atoms with Crippen LogP contribution in [0.1, 0.15) is 25.7 Å². The van der Waals surface area contributed by atoms with E-state index in [1.165, 1.54) is 14.2 Å². The highest BCUT2D eigenvalue weighted by molar-refractivity contribution is 7.80. The fourth-order valence-corrected chi connectivity index (χ4v) is 1.76. The van der Waals surface area contributed by atoms with Gasteiger partial charge in [0.15, 0.2) is 0 Å². The molecule has 1 atom stereocenters. The molecule has 1 unspecified atom stereocenters. The van der Waals surface area contributed by atoms with Gasteiger partial charge in [-0.2, -0.15) is 12.6 Å². The highest BCUT2D eigenvalue weighted by Gasteiger charge is 2.11. The third-order valence-corrected chi connectivity index (χ3v) is 2.68. The van der Waals surface area contributed by atoms with Crippen LogP contribution in [-0.2, 0) is 9.47 Å². The third-order valence-electron chi connectivity index (χ3n) is 2.42. The lowest BCUT2D eigenvalue weighted by Crippen LogP contribution is -2.35. The zero-order chi connectivity index (χ0) is 13.8. The second kappa shape index (κ2) is 11.0. The molecule has 18 heavy (non-hydrogen) atoms. The van der Waals surface area contributed by atoms with Crippen LogP contribution >= 0.6 is 12.6 Å². The van der Waals surface area contributed by atoms with Crippen molar-refractivity contribution in [2.24, 2.45) is 0 Å². The summed E-state index contributed by atoms with van der Waals surface area (Å²) in [6.45, 7) is 0.568. The van der Waals surface area contributed by atoms with Gasteiger partial charge in [-0.15, -0.1) is 0 Å². The Morgan fingerprint density at radius 2 is 1.78 bits per heavy atom. The maximum Gasteiger partial charge on any atom is 0.407 e. The average Bonchev–Trinajstić information content (AvgIpc) is 2.37. The van der Waals surface area contributed by atoms with Crippen LogP contribution in [0.15, 0.2) is 0 Å². The number of rotatable bonds is 8. The second-order valence-corrected chi connectivity index (χ2v) is 4.21. The molecule has 0 radical (unpaired) electrons. The van der Waals surface area contributed by atoms with E-state index in [4.69, 9.17) is 0 Å². The van der Waals surface area contributed by atoms with Gasteiger partial charge in [0, 0.05) is 12.6 Å². The summed E-state index contributed by atoms with van der Waals surface area (Å²) in [6.07, 6.45) is 2.51. The molecule has 0 spiro atoms. The molecule has 0 aliphatic rings. The largest absolute Gasteiger partial charge is 0.453 e. The molecule has 2 N–H and O–H groups in total. The summed E-state index contributed by atoms with van der Waals surface area (Å²) in [4.78, 5) is 21.9. The summed E-state index contributed by atoms with van der Waals surface area (Å²) in [6, 6.07) is 0.0630. The van der Waals surface area contributed by atoms with E-state index in [1.807, 2.05) is 0 Å². The van der Waals surface area contributed by atoms with Crippen molar-refractivity contribution in [3.05, 3.63) is 0 Å². The molecule has 6 nitrogen and oxygen atoms in total. The number of ether oxygens (including phenoxy) is 2. The molecule has 0 aromatic heterocycles. The number of carbonyl (C=O) groups excluding carboxylic acids is 2. The van der Waals surface area contributed by atoms with Crippen molar-refractivity contribution in [2.75, 3.05) is 26.5 Å². The van der Waals surface area contributed by atoms with Crippen molar-refractivity contribution in [3.8, 4) is 0 Å². The normalized spacial score (nSPS) is 11.5. The zero-order valence-electron chi connectivity index (χ0n) is 10.9. The maximum absolute atomic E-state index is 11.1. The molecule has 106 valence electrons. The summed E-state index contributed by atoms with van der Waals surface area (Å²) in [5.41, 5.74) is 0. The van der Waals surface area contributed by atoms with Crippen LogP contribution in [0.2, 0.25) is 0 Å². The fraction of sp³-hybridized carbons (Fsp3) is 0.818. The Morgan fingerprint density at radius 3 is 2.33 bits per heavy atom. The van der Waals surface area contributed by atoms with Crippen LogP contribution < -0.4 is 10.6 Å². The van der Waals surface area contributed by atoms with Gasteiger partial charge < -0.3 is 20.1 Å². The number of hydrogen-bond acceptors (Lipinski definition) is 5. The Bertz CT molecular complexity index is 251. The first-order chi connectivity index (χ1) is 8.63. The second-order valence-electron chi connectivity index (χ2n) is 3.76. The summed E-state index contributed by atoms with van der Waals surface area (Å²) in [5.74, 6) is 0.703. The molecule has 0 saturated heterocycles. The lowest BCUT2D eigenvalue weighted by atomic mass is 10.1. The highest BCUT2D eigenvalue weighted by Crippen LogP contribution is 2.06. The minimum Gasteiger partial charge on any atom is -0.453 e.